The molecule has 114 valence electrons. The van der Waals surface area contributed by atoms with Crippen LogP contribution in [0.2, 0.25) is 0 Å². The van der Waals surface area contributed by atoms with Gasteiger partial charge in [-0.05, 0) is 19.1 Å². The van der Waals surface area contributed by atoms with E-state index in [1.54, 1.807) is 19.1 Å². The maximum atomic E-state index is 11.3. The number of hydrogen-bond acceptors (Lipinski definition) is 5. The first kappa shape index (κ1) is 15.3. The number of ether oxygens (including phenoxy) is 1. The highest BCUT2D eigenvalue weighted by Crippen LogP contribution is 2.33. The van der Waals surface area contributed by atoms with Crippen LogP contribution in [0, 0.1) is 12.8 Å². The number of rotatable bonds is 5. The number of hydrazone groups is 1. The summed E-state index contributed by atoms with van der Waals surface area (Å²) in [6.07, 6.45) is 0.893. The predicted molar refractivity (Wildman–Crippen MR) is 78.5 cm³/mol. The Bertz CT molecular complexity index is 569. The minimum atomic E-state index is -0.119. The van der Waals surface area contributed by atoms with Crippen LogP contribution in [0.15, 0.2) is 17.2 Å². The van der Waals surface area contributed by atoms with E-state index in [9.17, 15) is 9.90 Å². The maximum Gasteiger partial charge on any atom is 0.240 e. The molecule has 6 nitrogen and oxygen atoms in total. The molecule has 1 aromatic rings. The first-order valence-electron chi connectivity index (χ1n) is 6.97. The lowest BCUT2D eigenvalue weighted by Gasteiger charge is -2.21. The second-order valence-electron chi connectivity index (χ2n) is 5.15. The normalized spacial score (nSPS) is 18.1. The van der Waals surface area contributed by atoms with Crippen LogP contribution < -0.4 is 10.2 Å². The molecule has 2 rings (SSSR count). The molecule has 1 aromatic carbocycles. The van der Waals surface area contributed by atoms with Crippen LogP contribution in [-0.2, 0) is 4.79 Å². The fourth-order valence-corrected chi connectivity index (χ4v) is 2.27. The molecular weight excluding hydrogens is 272 g/mol. The van der Waals surface area contributed by atoms with Crippen LogP contribution in [0.3, 0.4) is 0 Å². The van der Waals surface area contributed by atoms with Crippen molar-refractivity contribution in [3.63, 3.8) is 0 Å². The predicted octanol–water partition coefficient (Wildman–Crippen LogP) is 1.32. The molecule has 0 unspecified atom stereocenters. The Morgan fingerprint density at radius 3 is 2.90 bits per heavy atom. The van der Waals surface area contributed by atoms with Gasteiger partial charge in [0.15, 0.2) is 0 Å². The lowest BCUT2D eigenvalue weighted by Crippen LogP contribution is -2.32. The van der Waals surface area contributed by atoms with E-state index in [0.717, 1.165) is 0 Å². The van der Waals surface area contributed by atoms with Gasteiger partial charge in [0.25, 0.3) is 0 Å². The second kappa shape index (κ2) is 6.58. The molecule has 0 aliphatic carbocycles. The summed E-state index contributed by atoms with van der Waals surface area (Å²) in [5.41, 5.74) is 4.34. The van der Waals surface area contributed by atoms with Crippen LogP contribution in [-0.4, -0.2) is 35.0 Å². The quantitative estimate of drug-likeness (QED) is 0.714. The third-order valence-electron chi connectivity index (χ3n) is 3.48. The molecule has 1 aliphatic rings. The first-order valence-corrected chi connectivity index (χ1v) is 6.97. The molecule has 0 fully saturated rings. The number of carbonyl (C=O) groups excluding carboxylic acids is 1. The zero-order chi connectivity index (χ0) is 15.4. The fraction of sp³-hybridized carbons (Fsp3) is 0.467. The highest BCUT2D eigenvalue weighted by atomic mass is 16.5. The molecule has 0 radical (unpaired) electrons. The summed E-state index contributed by atoms with van der Waals surface area (Å²) in [6.45, 7) is 4.12. The highest BCUT2D eigenvalue weighted by Gasteiger charge is 2.24. The lowest BCUT2D eigenvalue weighted by molar-refractivity contribution is -0.121. The average molecular weight is 292 g/mol. The van der Waals surface area contributed by atoms with Crippen molar-refractivity contribution in [3.8, 4) is 11.5 Å². The average Bonchev–Trinajstić information content (AvgIpc) is 2.45. The van der Waals surface area contributed by atoms with Gasteiger partial charge in [-0.3, -0.25) is 4.79 Å². The van der Waals surface area contributed by atoms with Crippen molar-refractivity contribution in [2.24, 2.45) is 11.0 Å². The van der Waals surface area contributed by atoms with Crippen LogP contribution in [0.25, 0.3) is 0 Å². The van der Waals surface area contributed by atoms with Crippen molar-refractivity contribution in [3.05, 3.63) is 23.3 Å². The molecule has 3 N–H and O–H groups in total. The second-order valence-corrected chi connectivity index (χ2v) is 5.15. The number of nitrogens with one attached hydrogen (secondary N) is 1. The van der Waals surface area contributed by atoms with Crippen LogP contribution in [0.1, 0.15) is 30.9 Å². The molecule has 0 aromatic heterocycles. The summed E-state index contributed by atoms with van der Waals surface area (Å²) in [6, 6.07) is 3.51. The minimum absolute atomic E-state index is 0.0507. The van der Waals surface area contributed by atoms with Gasteiger partial charge in [-0.1, -0.05) is 6.92 Å². The molecular formula is C15H20N2O4. The van der Waals surface area contributed by atoms with Gasteiger partial charge in [-0.15, -0.1) is 0 Å². The molecule has 6 heteroatoms. The Kier molecular flexibility index (Phi) is 4.80. The van der Waals surface area contributed by atoms with E-state index >= 15 is 0 Å². The molecule has 21 heavy (non-hydrogen) atoms. The summed E-state index contributed by atoms with van der Waals surface area (Å²) in [7, 11) is 0. The molecule has 0 bridgehead atoms. The van der Waals surface area contributed by atoms with Crippen molar-refractivity contribution in [1.29, 1.82) is 0 Å². The number of aromatic hydroxyl groups is 1. The Balaban J connectivity index is 2.26. The molecule has 0 saturated carbocycles. The number of benzene rings is 1. The van der Waals surface area contributed by atoms with Gasteiger partial charge in [0, 0.05) is 36.5 Å². The molecule has 1 heterocycles. The fourth-order valence-electron chi connectivity index (χ4n) is 2.27. The summed E-state index contributed by atoms with van der Waals surface area (Å²) in [5.74, 6) is 0.521. The van der Waals surface area contributed by atoms with Crippen molar-refractivity contribution in [2.75, 3.05) is 13.2 Å². The topological polar surface area (TPSA) is 91.2 Å². The third kappa shape index (κ3) is 3.33. The van der Waals surface area contributed by atoms with Gasteiger partial charge >= 0.3 is 0 Å². The number of nitrogens with zero attached hydrogens (tertiary/aromatic N) is 1. The Morgan fingerprint density at radius 1 is 1.48 bits per heavy atom. The number of phenolic OH excluding ortho intramolecular Hbond substituents is 1. The summed E-state index contributed by atoms with van der Waals surface area (Å²) < 4.78 is 5.51. The van der Waals surface area contributed by atoms with E-state index in [0.29, 0.717) is 42.0 Å². The first-order chi connectivity index (χ1) is 10.0. The Morgan fingerprint density at radius 2 is 2.24 bits per heavy atom. The molecule has 1 amide bonds. The van der Waals surface area contributed by atoms with Crippen molar-refractivity contribution in [2.45, 2.75) is 26.7 Å². The number of aliphatic hydroxyl groups is 1. The Hall–Kier alpha value is -2.08. The maximum absolute atomic E-state index is 11.3. The molecule has 0 saturated heterocycles. The van der Waals surface area contributed by atoms with Crippen LogP contribution >= 0.6 is 0 Å². The van der Waals surface area contributed by atoms with Crippen molar-refractivity contribution < 1.29 is 19.7 Å². The summed E-state index contributed by atoms with van der Waals surface area (Å²) >= 11 is 0. The minimum Gasteiger partial charge on any atom is -0.507 e. The standard InChI is InChI=1S/C15H20N2O4/c1-9-8-13(19)16-17-14(9)11-4-5-12(10(2)15(11)20)21-7-3-6-18/h4-5,9,18,20H,3,6-8H2,1-2H3,(H,16,19)/t9-/m1/s1. The van der Waals surface area contributed by atoms with E-state index < -0.39 is 0 Å². The van der Waals surface area contributed by atoms with E-state index in [1.807, 2.05) is 6.92 Å². The van der Waals surface area contributed by atoms with Crippen LogP contribution in [0.5, 0.6) is 11.5 Å². The van der Waals surface area contributed by atoms with E-state index in [1.165, 1.54) is 0 Å². The number of hydrogen-bond donors (Lipinski definition) is 3. The lowest BCUT2D eigenvalue weighted by atomic mass is 9.92. The van der Waals surface area contributed by atoms with E-state index in [2.05, 4.69) is 10.5 Å². The smallest absolute Gasteiger partial charge is 0.240 e. The van der Waals surface area contributed by atoms with Crippen molar-refractivity contribution in [1.82, 2.24) is 5.43 Å². The Labute approximate surface area is 123 Å². The summed E-state index contributed by atoms with van der Waals surface area (Å²) in [4.78, 5) is 11.3. The number of carbonyl (C=O) groups is 1. The van der Waals surface area contributed by atoms with E-state index in [4.69, 9.17) is 9.84 Å². The zero-order valence-electron chi connectivity index (χ0n) is 12.2. The van der Waals surface area contributed by atoms with Gasteiger partial charge in [0.05, 0.1) is 12.3 Å². The van der Waals surface area contributed by atoms with Gasteiger partial charge < -0.3 is 14.9 Å². The van der Waals surface area contributed by atoms with E-state index in [-0.39, 0.29) is 24.2 Å². The SMILES string of the molecule is Cc1c(OCCCO)ccc(C2=NNC(=O)C[C@H]2C)c1O. The van der Waals surface area contributed by atoms with Gasteiger partial charge in [-0.25, -0.2) is 5.43 Å². The number of phenols is 1. The number of aliphatic hydroxyl groups excluding tert-OH is 1. The molecule has 0 spiro atoms. The highest BCUT2D eigenvalue weighted by molar-refractivity contribution is 6.07. The van der Waals surface area contributed by atoms with Gasteiger partial charge in [0.1, 0.15) is 11.5 Å². The molecule has 1 atom stereocenters. The van der Waals surface area contributed by atoms with Gasteiger partial charge in [-0.2, -0.15) is 5.10 Å². The van der Waals surface area contributed by atoms with Crippen LogP contribution in [0.4, 0.5) is 0 Å². The zero-order valence-corrected chi connectivity index (χ0v) is 12.2. The van der Waals surface area contributed by atoms with Crippen molar-refractivity contribution >= 4 is 11.6 Å². The molecule has 1 aliphatic heterocycles. The monoisotopic (exact) mass is 292 g/mol. The number of amides is 1. The third-order valence-corrected chi connectivity index (χ3v) is 3.48. The largest absolute Gasteiger partial charge is 0.507 e. The summed E-state index contributed by atoms with van der Waals surface area (Å²) in [5, 5.41) is 23.2. The van der Waals surface area contributed by atoms with Gasteiger partial charge in [0.2, 0.25) is 5.91 Å².